The van der Waals surface area contributed by atoms with E-state index in [1.54, 1.807) is 0 Å². The Bertz CT molecular complexity index is 495. The maximum atomic E-state index is 12.1. The quantitative estimate of drug-likeness (QED) is 0.866. The molecule has 4 nitrogen and oxygen atoms in total. The van der Waals surface area contributed by atoms with Crippen molar-refractivity contribution in [3.05, 3.63) is 34.9 Å². The fourth-order valence-electron chi connectivity index (χ4n) is 2.62. The van der Waals surface area contributed by atoms with Gasteiger partial charge in [-0.15, -0.1) is 0 Å². The Balaban J connectivity index is 1.71. The highest BCUT2D eigenvalue weighted by Crippen LogP contribution is 2.13. The molecule has 1 saturated heterocycles. The molecule has 1 aromatic rings. The van der Waals surface area contributed by atoms with E-state index < -0.39 is 0 Å². The van der Waals surface area contributed by atoms with Gasteiger partial charge in [0, 0.05) is 43.8 Å². The third-order valence-corrected chi connectivity index (χ3v) is 4.79. The molecule has 0 radical (unpaired) electrons. The molecule has 23 heavy (non-hydrogen) atoms. The fraction of sp³-hybridized carbons (Fsp3) is 0.611. The first kappa shape index (κ1) is 18.2. The number of amides is 1. The molecule has 0 aliphatic carbocycles. The first-order chi connectivity index (χ1) is 10.9. The molecule has 0 bridgehead atoms. The van der Waals surface area contributed by atoms with Crippen molar-refractivity contribution >= 4 is 17.5 Å². The first-order valence-electron chi connectivity index (χ1n) is 8.42. The van der Waals surface area contributed by atoms with Crippen LogP contribution in [0.4, 0.5) is 0 Å². The normalized spacial score (nSPS) is 18.1. The van der Waals surface area contributed by atoms with Crippen molar-refractivity contribution in [2.45, 2.75) is 33.4 Å². The Morgan fingerprint density at radius 3 is 2.22 bits per heavy atom. The van der Waals surface area contributed by atoms with E-state index in [9.17, 15) is 4.79 Å². The zero-order valence-electron chi connectivity index (χ0n) is 14.4. The third-order valence-electron chi connectivity index (χ3n) is 4.54. The zero-order valence-corrected chi connectivity index (χ0v) is 15.1. The molecule has 1 aromatic carbocycles. The zero-order chi connectivity index (χ0) is 16.8. The summed E-state index contributed by atoms with van der Waals surface area (Å²) in [4.78, 5) is 16.7. The van der Waals surface area contributed by atoms with Gasteiger partial charge in [-0.3, -0.25) is 14.6 Å². The van der Waals surface area contributed by atoms with Crippen LogP contribution in [0.1, 0.15) is 26.3 Å². The number of hydrogen-bond acceptors (Lipinski definition) is 3. The van der Waals surface area contributed by atoms with Gasteiger partial charge in [-0.05, 0) is 30.5 Å². The summed E-state index contributed by atoms with van der Waals surface area (Å²) in [6.07, 6.45) is 0. The Labute approximate surface area is 144 Å². The van der Waals surface area contributed by atoms with Gasteiger partial charge in [-0.1, -0.05) is 37.6 Å². The van der Waals surface area contributed by atoms with Crippen LogP contribution in [0, 0.1) is 5.92 Å². The van der Waals surface area contributed by atoms with Crippen LogP contribution in [-0.4, -0.2) is 54.5 Å². The Hall–Kier alpha value is -1.10. The van der Waals surface area contributed by atoms with Crippen LogP contribution in [0.25, 0.3) is 0 Å². The molecule has 1 aliphatic heterocycles. The molecule has 1 fully saturated rings. The second kappa shape index (κ2) is 8.67. The van der Waals surface area contributed by atoms with E-state index in [1.807, 2.05) is 12.1 Å². The minimum absolute atomic E-state index is 0.136. The molecule has 1 unspecified atom stereocenters. The second-order valence-corrected chi connectivity index (χ2v) is 7.22. The molecular formula is C18H28ClN3O. The molecule has 1 aliphatic rings. The minimum atomic E-state index is 0.136. The molecule has 1 atom stereocenters. The van der Waals surface area contributed by atoms with Crippen LogP contribution in [-0.2, 0) is 11.3 Å². The highest BCUT2D eigenvalue weighted by atomic mass is 35.5. The lowest BCUT2D eigenvalue weighted by Crippen LogP contribution is -2.50. The van der Waals surface area contributed by atoms with Crippen LogP contribution < -0.4 is 5.32 Å². The summed E-state index contributed by atoms with van der Waals surface area (Å²) in [6, 6.07) is 8.26. The summed E-state index contributed by atoms with van der Waals surface area (Å²) in [5.74, 6) is 0.604. The lowest BCUT2D eigenvalue weighted by Gasteiger charge is -2.34. The molecule has 1 heterocycles. The summed E-state index contributed by atoms with van der Waals surface area (Å²) in [5, 5.41) is 3.85. The number of piperazine rings is 1. The molecular weight excluding hydrogens is 310 g/mol. The topological polar surface area (TPSA) is 35.6 Å². The summed E-state index contributed by atoms with van der Waals surface area (Å²) in [7, 11) is 0. The summed E-state index contributed by atoms with van der Waals surface area (Å²) >= 11 is 5.92. The van der Waals surface area contributed by atoms with Crippen molar-refractivity contribution in [2.75, 3.05) is 32.7 Å². The molecule has 0 saturated carbocycles. The molecule has 2 rings (SSSR count). The van der Waals surface area contributed by atoms with Crippen LogP contribution in [0.3, 0.4) is 0 Å². The van der Waals surface area contributed by atoms with Crippen molar-refractivity contribution < 1.29 is 4.79 Å². The largest absolute Gasteiger partial charge is 0.352 e. The van der Waals surface area contributed by atoms with Gasteiger partial charge < -0.3 is 5.32 Å². The number of carbonyl (C=O) groups excluding carboxylic acids is 1. The summed E-state index contributed by atoms with van der Waals surface area (Å²) in [5.41, 5.74) is 1.28. The van der Waals surface area contributed by atoms with Gasteiger partial charge in [0.2, 0.25) is 5.91 Å². The van der Waals surface area contributed by atoms with Gasteiger partial charge in [0.25, 0.3) is 0 Å². The van der Waals surface area contributed by atoms with Crippen molar-refractivity contribution in [2.24, 2.45) is 5.92 Å². The van der Waals surface area contributed by atoms with Crippen LogP contribution >= 0.6 is 11.6 Å². The average molecular weight is 338 g/mol. The second-order valence-electron chi connectivity index (χ2n) is 6.78. The molecule has 0 spiro atoms. The van der Waals surface area contributed by atoms with Gasteiger partial charge in [0.1, 0.15) is 0 Å². The van der Waals surface area contributed by atoms with Gasteiger partial charge in [-0.25, -0.2) is 0 Å². The van der Waals surface area contributed by atoms with Gasteiger partial charge in [0.15, 0.2) is 0 Å². The van der Waals surface area contributed by atoms with E-state index >= 15 is 0 Å². The van der Waals surface area contributed by atoms with Crippen molar-refractivity contribution in [1.29, 1.82) is 0 Å². The SMILES string of the molecule is CC(C)C(C)NC(=O)CN1CCN(Cc2ccc(Cl)cc2)CC1. The predicted molar refractivity (Wildman–Crippen MR) is 95.6 cm³/mol. The maximum Gasteiger partial charge on any atom is 0.234 e. The molecule has 5 heteroatoms. The third kappa shape index (κ3) is 6.13. The Morgan fingerprint density at radius 1 is 1.09 bits per heavy atom. The minimum Gasteiger partial charge on any atom is -0.352 e. The van der Waals surface area contributed by atoms with E-state index in [0.717, 1.165) is 37.7 Å². The van der Waals surface area contributed by atoms with Crippen LogP contribution in [0.5, 0.6) is 0 Å². The maximum absolute atomic E-state index is 12.1. The monoisotopic (exact) mass is 337 g/mol. The Kier molecular flexibility index (Phi) is 6.88. The van der Waals surface area contributed by atoms with Gasteiger partial charge in [0.05, 0.1) is 6.54 Å². The Morgan fingerprint density at radius 2 is 1.65 bits per heavy atom. The average Bonchev–Trinajstić information content (AvgIpc) is 2.51. The van der Waals surface area contributed by atoms with E-state index in [-0.39, 0.29) is 11.9 Å². The molecule has 1 amide bonds. The highest BCUT2D eigenvalue weighted by Gasteiger charge is 2.20. The van der Waals surface area contributed by atoms with E-state index in [4.69, 9.17) is 11.6 Å². The molecule has 128 valence electrons. The van der Waals surface area contributed by atoms with Crippen LogP contribution in [0.2, 0.25) is 5.02 Å². The summed E-state index contributed by atoms with van der Waals surface area (Å²) < 4.78 is 0. The van der Waals surface area contributed by atoms with E-state index in [0.29, 0.717) is 12.5 Å². The molecule has 0 aromatic heterocycles. The van der Waals surface area contributed by atoms with Gasteiger partial charge >= 0.3 is 0 Å². The standard InChI is InChI=1S/C18H28ClN3O/c1-14(2)15(3)20-18(23)13-22-10-8-21(9-11-22)12-16-4-6-17(19)7-5-16/h4-7,14-15H,8-13H2,1-3H3,(H,20,23). The van der Waals surface area contributed by atoms with E-state index in [2.05, 4.69) is 48.0 Å². The van der Waals surface area contributed by atoms with Crippen molar-refractivity contribution in [3.63, 3.8) is 0 Å². The number of nitrogens with zero attached hydrogens (tertiary/aromatic N) is 2. The smallest absolute Gasteiger partial charge is 0.234 e. The number of nitrogens with one attached hydrogen (secondary N) is 1. The van der Waals surface area contributed by atoms with Crippen LogP contribution in [0.15, 0.2) is 24.3 Å². The van der Waals surface area contributed by atoms with Crippen molar-refractivity contribution in [3.8, 4) is 0 Å². The number of rotatable bonds is 6. The van der Waals surface area contributed by atoms with Gasteiger partial charge in [-0.2, -0.15) is 0 Å². The first-order valence-corrected chi connectivity index (χ1v) is 8.80. The van der Waals surface area contributed by atoms with E-state index in [1.165, 1.54) is 5.56 Å². The lowest BCUT2D eigenvalue weighted by atomic mass is 10.1. The number of halogens is 1. The summed E-state index contributed by atoms with van der Waals surface area (Å²) in [6.45, 7) is 11.6. The molecule has 1 N–H and O–H groups in total. The fourth-order valence-corrected chi connectivity index (χ4v) is 2.75. The number of carbonyl (C=O) groups is 1. The lowest BCUT2D eigenvalue weighted by molar-refractivity contribution is -0.123. The van der Waals surface area contributed by atoms with Crippen molar-refractivity contribution in [1.82, 2.24) is 15.1 Å². The number of hydrogen-bond donors (Lipinski definition) is 1. The number of benzene rings is 1. The predicted octanol–water partition coefficient (Wildman–Crippen LogP) is 2.62. The highest BCUT2D eigenvalue weighted by molar-refractivity contribution is 6.30.